The highest BCUT2D eigenvalue weighted by Crippen LogP contribution is 2.20. The van der Waals surface area contributed by atoms with Gasteiger partial charge in [0.1, 0.15) is 11.9 Å². The van der Waals surface area contributed by atoms with Crippen molar-refractivity contribution in [1.82, 2.24) is 9.88 Å². The Hall–Kier alpha value is -1.62. The lowest BCUT2D eigenvalue weighted by atomic mass is 10.2. The Bertz CT molecular complexity index is 422. The van der Waals surface area contributed by atoms with Gasteiger partial charge in [-0.25, -0.2) is 4.98 Å². The van der Waals surface area contributed by atoms with Crippen molar-refractivity contribution in [3.8, 4) is 0 Å². The highest BCUT2D eigenvalue weighted by molar-refractivity contribution is 5.76. The Morgan fingerprint density at radius 2 is 2.44 bits per heavy atom. The van der Waals surface area contributed by atoms with Gasteiger partial charge in [0.05, 0.1) is 12.3 Å². The zero-order chi connectivity index (χ0) is 13.0. The number of nitrogens with two attached hydrogens (primary N) is 1. The fraction of sp³-hybridized carbons (Fsp3) is 0.538. The van der Waals surface area contributed by atoms with Gasteiger partial charge in [0.15, 0.2) is 0 Å². The van der Waals surface area contributed by atoms with Crippen molar-refractivity contribution < 1.29 is 9.53 Å². The van der Waals surface area contributed by atoms with Gasteiger partial charge in [0.25, 0.3) is 0 Å². The highest BCUT2D eigenvalue weighted by Gasteiger charge is 2.31. The summed E-state index contributed by atoms with van der Waals surface area (Å²) in [5.74, 6) is 0.387. The number of hydrogen-bond acceptors (Lipinski definition) is 5. The van der Waals surface area contributed by atoms with Crippen LogP contribution in [0.3, 0.4) is 0 Å². The number of rotatable bonds is 4. The minimum absolute atomic E-state index is 0.126. The van der Waals surface area contributed by atoms with Gasteiger partial charge in [-0.15, -0.1) is 0 Å². The molecular weight excluding hydrogens is 230 g/mol. The minimum atomic E-state index is -0.131. The predicted octanol–water partition coefficient (Wildman–Crippen LogP) is 1.19. The number of nitrogen functional groups attached to an aromatic ring is 1. The maximum Gasteiger partial charge on any atom is 0.323 e. The highest BCUT2D eigenvalue weighted by atomic mass is 16.5. The molecule has 1 fully saturated rings. The normalized spacial score (nSPS) is 19.9. The molecule has 5 nitrogen and oxygen atoms in total. The molecule has 98 valence electrons. The number of nitrogens with zero attached hydrogens (tertiary/aromatic N) is 2. The second-order valence-electron chi connectivity index (χ2n) is 4.43. The molecule has 0 aromatic carbocycles. The summed E-state index contributed by atoms with van der Waals surface area (Å²) >= 11 is 0. The summed E-state index contributed by atoms with van der Waals surface area (Å²) in [4.78, 5) is 18.2. The van der Waals surface area contributed by atoms with Crippen molar-refractivity contribution in [1.29, 1.82) is 0 Å². The molecule has 1 unspecified atom stereocenters. The molecule has 1 atom stereocenters. The average Bonchev–Trinajstić information content (AvgIpc) is 2.77. The van der Waals surface area contributed by atoms with Gasteiger partial charge in [0, 0.05) is 6.54 Å². The summed E-state index contributed by atoms with van der Waals surface area (Å²) in [5.41, 5.74) is 6.55. The number of pyridine rings is 1. The first-order chi connectivity index (χ1) is 8.70. The van der Waals surface area contributed by atoms with E-state index >= 15 is 0 Å². The van der Waals surface area contributed by atoms with Crippen molar-refractivity contribution in [3.05, 3.63) is 23.9 Å². The molecule has 1 saturated heterocycles. The van der Waals surface area contributed by atoms with E-state index in [1.807, 2.05) is 19.1 Å². The quantitative estimate of drug-likeness (QED) is 0.812. The standard InChI is InChI=1S/C13H19N3O2/c1-2-18-13(17)11-6-4-8-16(11)9-10-5-3-7-12(14)15-10/h3,5,7,11H,2,4,6,8-9H2,1H3,(H2,14,15). The van der Waals surface area contributed by atoms with Crippen LogP contribution in [0.25, 0.3) is 0 Å². The van der Waals surface area contributed by atoms with E-state index < -0.39 is 0 Å². The van der Waals surface area contributed by atoms with Gasteiger partial charge < -0.3 is 10.5 Å². The Labute approximate surface area is 107 Å². The predicted molar refractivity (Wildman–Crippen MR) is 68.7 cm³/mol. The van der Waals surface area contributed by atoms with E-state index in [9.17, 15) is 4.79 Å². The van der Waals surface area contributed by atoms with Gasteiger partial charge in [-0.1, -0.05) is 6.07 Å². The topological polar surface area (TPSA) is 68.5 Å². The third-order valence-electron chi connectivity index (χ3n) is 3.12. The van der Waals surface area contributed by atoms with Crippen LogP contribution in [0.5, 0.6) is 0 Å². The lowest BCUT2D eigenvalue weighted by Crippen LogP contribution is -2.37. The Balaban J connectivity index is 2.01. The second kappa shape index (κ2) is 5.82. The smallest absolute Gasteiger partial charge is 0.323 e. The molecule has 0 amide bonds. The molecule has 0 bridgehead atoms. The Kier molecular flexibility index (Phi) is 4.15. The van der Waals surface area contributed by atoms with E-state index in [0.717, 1.165) is 25.1 Å². The molecule has 0 saturated carbocycles. The minimum Gasteiger partial charge on any atom is -0.465 e. The third-order valence-corrected chi connectivity index (χ3v) is 3.12. The maximum atomic E-state index is 11.8. The molecule has 2 N–H and O–H groups in total. The molecule has 0 spiro atoms. The maximum absolute atomic E-state index is 11.8. The molecule has 1 aliphatic rings. The lowest BCUT2D eigenvalue weighted by molar-refractivity contribution is -0.148. The summed E-state index contributed by atoms with van der Waals surface area (Å²) in [5, 5.41) is 0. The molecule has 2 rings (SSSR count). The van der Waals surface area contributed by atoms with Crippen LogP contribution in [0.1, 0.15) is 25.5 Å². The van der Waals surface area contributed by atoms with Crippen LogP contribution < -0.4 is 5.73 Å². The largest absolute Gasteiger partial charge is 0.465 e. The summed E-state index contributed by atoms with van der Waals surface area (Å²) in [6.45, 7) is 3.81. The number of carbonyl (C=O) groups excluding carboxylic acids is 1. The molecule has 2 heterocycles. The Morgan fingerprint density at radius 1 is 1.61 bits per heavy atom. The molecule has 18 heavy (non-hydrogen) atoms. The van der Waals surface area contributed by atoms with Crippen LogP contribution in [-0.4, -0.2) is 35.0 Å². The van der Waals surface area contributed by atoms with Crippen molar-refractivity contribution in [2.24, 2.45) is 0 Å². The number of aromatic nitrogens is 1. The van der Waals surface area contributed by atoms with Crippen LogP contribution >= 0.6 is 0 Å². The van der Waals surface area contributed by atoms with E-state index in [1.165, 1.54) is 0 Å². The van der Waals surface area contributed by atoms with Crippen molar-refractivity contribution in [2.45, 2.75) is 32.4 Å². The molecule has 1 aromatic heterocycles. The van der Waals surface area contributed by atoms with Crippen LogP contribution in [0.4, 0.5) is 5.82 Å². The number of anilines is 1. The summed E-state index contributed by atoms with van der Waals surface area (Å²) in [7, 11) is 0. The first-order valence-electron chi connectivity index (χ1n) is 6.33. The van der Waals surface area contributed by atoms with E-state index in [2.05, 4.69) is 9.88 Å². The summed E-state index contributed by atoms with van der Waals surface area (Å²) < 4.78 is 5.09. The van der Waals surface area contributed by atoms with Crippen molar-refractivity contribution in [2.75, 3.05) is 18.9 Å². The van der Waals surface area contributed by atoms with Crippen LogP contribution in [0.2, 0.25) is 0 Å². The van der Waals surface area contributed by atoms with Gasteiger partial charge >= 0.3 is 5.97 Å². The zero-order valence-corrected chi connectivity index (χ0v) is 10.6. The van der Waals surface area contributed by atoms with Gasteiger partial charge in [-0.05, 0) is 38.4 Å². The number of hydrogen-bond donors (Lipinski definition) is 1. The van der Waals surface area contributed by atoms with Crippen LogP contribution in [-0.2, 0) is 16.1 Å². The molecule has 5 heteroatoms. The van der Waals surface area contributed by atoms with Gasteiger partial charge in [-0.3, -0.25) is 9.69 Å². The molecule has 0 aliphatic carbocycles. The third kappa shape index (κ3) is 2.98. The van der Waals surface area contributed by atoms with E-state index in [4.69, 9.17) is 10.5 Å². The van der Waals surface area contributed by atoms with Crippen LogP contribution in [0, 0.1) is 0 Å². The average molecular weight is 249 g/mol. The lowest BCUT2D eigenvalue weighted by Gasteiger charge is -2.22. The monoisotopic (exact) mass is 249 g/mol. The molecular formula is C13H19N3O2. The SMILES string of the molecule is CCOC(=O)C1CCCN1Cc1cccc(N)n1. The first-order valence-corrected chi connectivity index (χ1v) is 6.33. The van der Waals surface area contributed by atoms with Crippen LogP contribution in [0.15, 0.2) is 18.2 Å². The number of esters is 1. The molecule has 1 aliphatic heterocycles. The summed E-state index contributed by atoms with van der Waals surface area (Å²) in [6.07, 6.45) is 1.88. The number of likely N-dealkylation sites (tertiary alicyclic amines) is 1. The van der Waals surface area contributed by atoms with Crippen molar-refractivity contribution >= 4 is 11.8 Å². The van der Waals surface area contributed by atoms with Gasteiger partial charge in [0.2, 0.25) is 0 Å². The number of ether oxygens (including phenoxy) is 1. The number of carbonyl (C=O) groups is 1. The van der Waals surface area contributed by atoms with E-state index in [-0.39, 0.29) is 12.0 Å². The first kappa shape index (κ1) is 12.8. The Morgan fingerprint density at radius 3 is 3.17 bits per heavy atom. The van der Waals surface area contributed by atoms with E-state index in [0.29, 0.717) is 19.0 Å². The molecule has 0 radical (unpaired) electrons. The fourth-order valence-electron chi connectivity index (χ4n) is 2.32. The van der Waals surface area contributed by atoms with Gasteiger partial charge in [-0.2, -0.15) is 0 Å². The fourth-order valence-corrected chi connectivity index (χ4v) is 2.32. The van der Waals surface area contributed by atoms with E-state index in [1.54, 1.807) is 6.07 Å². The van der Waals surface area contributed by atoms with Crippen molar-refractivity contribution in [3.63, 3.8) is 0 Å². The zero-order valence-electron chi connectivity index (χ0n) is 10.6. The summed E-state index contributed by atoms with van der Waals surface area (Å²) in [6, 6.07) is 5.44. The second-order valence-corrected chi connectivity index (χ2v) is 4.43. The molecule has 1 aromatic rings.